The van der Waals surface area contributed by atoms with Gasteiger partial charge in [-0.1, -0.05) is 11.6 Å². The molecular formula is C16H24Cl2N2O2. The van der Waals surface area contributed by atoms with Crippen molar-refractivity contribution < 1.29 is 9.47 Å². The highest BCUT2D eigenvalue weighted by Crippen LogP contribution is 2.38. The Labute approximate surface area is 143 Å². The van der Waals surface area contributed by atoms with Gasteiger partial charge in [0.05, 0.1) is 18.2 Å². The fraction of sp³-hybridized carbons (Fsp3) is 0.625. The van der Waals surface area contributed by atoms with E-state index in [1.54, 1.807) is 0 Å². The molecule has 0 aromatic heterocycles. The number of hydrogen-bond acceptors (Lipinski definition) is 4. The highest BCUT2D eigenvalue weighted by Gasteiger charge is 2.21. The van der Waals surface area contributed by atoms with Gasteiger partial charge in [-0.15, -0.1) is 12.4 Å². The predicted octanol–water partition coefficient (Wildman–Crippen LogP) is 3.09. The van der Waals surface area contributed by atoms with Crippen LogP contribution in [0.1, 0.15) is 24.8 Å². The fourth-order valence-electron chi connectivity index (χ4n) is 3.12. The van der Waals surface area contributed by atoms with Crippen molar-refractivity contribution in [2.75, 3.05) is 32.8 Å². The Hall–Kier alpha value is -0.680. The quantitative estimate of drug-likeness (QED) is 0.913. The van der Waals surface area contributed by atoms with E-state index in [9.17, 15) is 0 Å². The molecule has 22 heavy (non-hydrogen) atoms. The number of fused-ring (bicyclic) bond motifs is 1. The lowest BCUT2D eigenvalue weighted by Crippen LogP contribution is -2.37. The summed E-state index contributed by atoms with van der Waals surface area (Å²) in [6.45, 7) is 5.22. The molecule has 2 N–H and O–H groups in total. The molecule has 1 aromatic rings. The predicted molar refractivity (Wildman–Crippen MR) is 91.4 cm³/mol. The number of ether oxygens (including phenoxy) is 2. The molecule has 1 aromatic carbocycles. The SMILES string of the molecule is Cl.NCC1CCCN(Cc2cc(Cl)c3c(c2)OCCCO3)C1. The molecule has 6 heteroatoms. The maximum Gasteiger partial charge on any atom is 0.179 e. The minimum atomic E-state index is 0. The first-order valence-corrected chi connectivity index (χ1v) is 8.14. The summed E-state index contributed by atoms with van der Waals surface area (Å²) >= 11 is 6.35. The van der Waals surface area contributed by atoms with E-state index in [1.165, 1.54) is 18.4 Å². The molecule has 2 aliphatic heterocycles. The van der Waals surface area contributed by atoms with E-state index >= 15 is 0 Å². The summed E-state index contributed by atoms with van der Waals surface area (Å²) in [6, 6.07) is 4.07. The second kappa shape index (κ2) is 8.25. The average molecular weight is 347 g/mol. The van der Waals surface area contributed by atoms with Crippen molar-refractivity contribution in [1.82, 2.24) is 4.90 Å². The Balaban J connectivity index is 0.00000176. The van der Waals surface area contributed by atoms with E-state index < -0.39 is 0 Å². The Morgan fingerprint density at radius 3 is 2.86 bits per heavy atom. The van der Waals surface area contributed by atoms with Crippen LogP contribution in [0.4, 0.5) is 0 Å². The summed E-state index contributed by atoms with van der Waals surface area (Å²) < 4.78 is 11.4. The maximum absolute atomic E-state index is 6.35. The molecule has 0 bridgehead atoms. The molecule has 124 valence electrons. The van der Waals surface area contributed by atoms with E-state index in [4.69, 9.17) is 26.8 Å². The largest absolute Gasteiger partial charge is 0.489 e. The first-order chi connectivity index (χ1) is 10.3. The van der Waals surface area contributed by atoms with Gasteiger partial charge in [-0.2, -0.15) is 0 Å². The van der Waals surface area contributed by atoms with Crippen LogP contribution in [0, 0.1) is 5.92 Å². The molecule has 0 radical (unpaired) electrons. The highest BCUT2D eigenvalue weighted by atomic mass is 35.5. The van der Waals surface area contributed by atoms with E-state index in [-0.39, 0.29) is 12.4 Å². The third-order valence-electron chi connectivity index (χ3n) is 4.20. The Morgan fingerprint density at radius 1 is 1.23 bits per heavy atom. The first-order valence-electron chi connectivity index (χ1n) is 7.76. The van der Waals surface area contributed by atoms with Gasteiger partial charge in [0.15, 0.2) is 11.5 Å². The second-order valence-corrected chi connectivity index (χ2v) is 6.34. The normalized spacial score (nSPS) is 21.8. The topological polar surface area (TPSA) is 47.7 Å². The monoisotopic (exact) mass is 346 g/mol. The van der Waals surface area contributed by atoms with Crippen molar-refractivity contribution in [3.05, 3.63) is 22.7 Å². The third-order valence-corrected chi connectivity index (χ3v) is 4.49. The van der Waals surface area contributed by atoms with Crippen LogP contribution in [-0.2, 0) is 6.54 Å². The van der Waals surface area contributed by atoms with E-state index in [0.29, 0.717) is 29.9 Å². The number of nitrogens with zero attached hydrogens (tertiary/aromatic N) is 1. The van der Waals surface area contributed by atoms with Crippen LogP contribution in [0.3, 0.4) is 0 Å². The van der Waals surface area contributed by atoms with Gasteiger partial charge < -0.3 is 15.2 Å². The average Bonchev–Trinajstić information content (AvgIpc) is 2.73. The lowest BCUT2D eigenvalue weighted by molar-refractivity contribution is 0.171. The van der Waals surface area contributed by atoms with Gasteiger partial charge >= 0.3 is 0 Å². The number of nitrogens with two attached hydrogens (primary N) is 1. The third kappa shape index (κ3) is 4.19. The van der Waals surface area contributed by atoms with Crippen molar-refractivity contribution in [2.45, 2.75) is 25.8 Å². The molecule has 1 unspecified atom stereocenters. The molecule has 1 saturated heterocycles. The number of halogens is 2. The van der Waals surface area contributed by atoms with Crippen LogP contribution in [0.25, 0.3) is 0 Å². The van der Waals surface area contributed by atoms with Crippen LogP contribution in [0.2, 0.25) is 5.02 Å². The zero-order valence-electron chi connectivity index (χ0n) is 12.7. The highest BCUT2D eigenvalue weighted by molar-refractivity contribution is 6.32. The van der Waals surface area contributed by atoms with Gasteiger partial charge in [0.2, 0.25) is 0 Å². The molecule has 0 amide bonds. The molecule has 3 rings (SSSR count). The van der Waals surface area contributed by atoms with Crippen molar-refractivity contribution >= 4 is 24.0 Å². The van der Waals surface area contributed by atoms with Crippen molar-refractivity contribution in [2.24, 2.45) is 11.7 Å². The summed E-state index contributed by atoms with van der Waals surface area (Å²) in [5.74, 6) is 2.09. The zero-order valence-corrected chi connectivity index (χ0v) is 14.3. The van der Waals surface area contributed by atoms with E-state index in [1.807, 2.05) is 6.07 Å². The van der Waals surface area contributed by atoms with Gasteiger partial charge in [-0.05, 0) is 49.5 Å². The molecule has 0 spiro atoms. The van der Waals surface area contributed by atoms with Gasteiger partial charge in [-0.3, -0.25) is 4.90 Å². The number of rotatable bonds is 3. The van der Waals surface area contributed by atoms with Crippen LogP contribution in [0.5, 0.6) is 11.5 Å². The van der Waals surface area contributed by atoms with E-state index in [0.717, 1.165) is 38.3 Å². The second-order valence-electron chi connectivity index (χ2n) is 5.93. The van der Waals surface area contributed by atoms with Crippen molar-refractivity contribution in [3.63, 3.8) is 0 Å². The number of piperidine rings is 1. The lowest BCUT2D eigenvalue weighted by atomic mass is 9.98. The fourth-order valence-corrected chi connectivity index (χ4v) is 3.41. The summed E-state index contributed by atoms with van der Waals surface area (Å²) in [5, 5.41) is 0.650. The summed E-state index contributed by atoms with van der Waals surface area (Å²) in [7, 11) is 0. The molecule has 4 nitrogen and oxygen atoms in total. The molecule has 0 saturated carbocycles. The van der Waals surface area contributed by atoms with Crippen LogP contribution in [-0.4, -0.2) is 37.7 Å². The molecule has 1 atom stereocenters. The minimum Gasteiger partial charge on any atom is -0.489 e. The van der Waals surface area contributed by atoms with E-state index in [2.05, 4.69) is 11.0 Å². The molecular weight excluding hydrogens is 323 g/mol. The number of hydrogen-bond donors (Lipinski definition) is 1. The summed E-state index contributed by atoms with van der Waals surface area (Å²) in [5.41, 5.74) is 6.99. The molecule has 1 fully saturated rings. The first kappa shape index (κ1) is 17.7. The standard InChI is InChI=1S/C16H23ClN2O2.ClH/c17-14-7-13(8-15-16(14)21-6-2-5-20-15)11-19-4-1-3-12(9-18)10-19;/h7-8,12H,1-6,9-11,18H2;1H. The van der Waals surface area contributed by atoms with Crippen molar-refractivity contribution in [3.8, 4) is 11.5 Å². The minimum absolute atomic E-state index is 0. The Morgan fingerprint density at radius 2 is 2.05 bits per heavy atom. The summed E-state index contributed by atoms with van der Waals surface area (Å²) in [4.78, 5) is 2.46. The molecule has 2 heterocycles. The van der Waals surface area contributed by atoms with Crippen LogP contribution in [0.15, 0.2) is 12.1 Å². The lowest BCUT2D eigenvalue weighted by Gasteiger charge is -2.32. The van der Waals surface area contributed by atoms with Crippen LogP contribution < -0.4 is 15.2 Å². The smallest absolute Gasteiger partial charge is 0.179 e. The maximum atomic E-state index is 6.35. The molecule has 0 aliphatic carbocycles. The number of benzene rings is 1. The number of likely N-dealkylation sites (tertiary alicyclic amines) is 1. The Bertz CT molecular complexity index is 499. The Kier molecular flexibility index (Phi) is 6.63. The van der Waals surface area contributed by atoms with Crippen LogP contribution >= 0.6 is 24.0 Å². The van der Waals surface area contributed by atoms with Gasteiger partial charge in [0.25, 0.3) is 0 Å². The zero-order chi connectivity index (χ0) is 14.7. The van der Waals surface area contributed by atoms with Gasteiger partial charge in [-0.25, -0.2) is 0 Å². The molecule has 2 aliphatic rings. The van der Waals surface area contributed by atoms with Gasteiger partial charge in [0, 0.05) is 19.5 Å². The summed E-state index contributed by atoms with van der Waals surface area (Å²) in [6.07, 6.45) is 3.36. The van der Waals surface area contributed by atoms with Gasteiger partial charge in [0.1, 0.15) is 0 Å². The van der Waals surface area contributed by atoms with Crippen molar-refractivity contribution in [1.29, 1.82) is 0 Å².